The summed E-state index contributed by atoms with van der Waals surface area (Å²) in [6, 6.07) is 8.53. The summed E-state index contributed by atoms with van der Waals surface area (Å²) in [4.78, 5) is 11.7. The van der Waals surface area contributed by atoms with Gasteiger partial charge in [-0.1, -0.05) is 11.6 Å². The van der Waals surface area contributed by atoms with Gasteiger partial charge in [0, 0.05) is 56.6 Å². The van der Waals surface area contributed by atoms with Gasteiger partial charge in [-0.2, -0.15) is 0 Å². The van der Waals surface area contributed by atoms with Crippen molar-refractivity contribution in [3.63, 3.8) is 0 Å². The summed E-state index contributed by atoms with van der Waals surface area (Å²) in [5, 5.41) is 0.773. The second kappa shape index (κ2) is 9.44. The number of aliphatic imine (C=N–C) groups is 1. The molecule has 2 N–H and O–H groups in total. The smallest absolute Gasteiger partial charge is 0.191 e. The molecule has 1 aromatic carbocycles. The Morgan fingerprint density at radius 2 is 1.92 bits per heavy atom. The minimum absolute atomic E-state index is 0.499. The summed E-state index contributed by atoms with van der Waals surface area (Å²) in [6.07, 6.45) is 2.44. The molecule has 6 nitrogen and oxygen atoms in total. The van der Waals surface area contributed by atoms with E-state index < -0.39 is 0 Å². The van der Waals surface area contributed by atoms with E-state index in [0.717, 1.165) is 57.4 Å². The van der Waals surface area contributed by atoms with Crippen molar-refractivity contribution in [3.05, 3.63) is 29.3 Å². The van der Waals surface area contributed by atoms with Crippen LogP contribution in [-0.4, -0.2) is 81.3 Å². The molecule has 0 aromatic heterocycles. The Hall–Kier alpha value is -1.50. The second-order valence-electron chi connectivity index (χ2n) is 6.97. The quantitative estimate of drug-likeness (QED) is 0.604. The number of benzene rings is 1. The summed E-state index contributed by atoms with van der Waals surface area (Å²) in [7, 11) is 1.75. The predicted octanol–water partition coefficient (Wildman–Crippen LogP) is 1.89. The SMILES string of the molecule is COCCN1CCCC1CN=C(N)N1CCN(c2ccc(Cl)cc2)CC1. The third-order valence-electron chi connectivity index (χ3n) is 5.34. The molecule has 0 spiro atoms. The van der Waals surface area contributed by atoms with E-state index in [4.69, 9.17) is 27.1 Å². The van der Waals surface area contributed by atoms with E-state index in [2.05, 4.69) is 26.8 Å². The van der Waals surface area contributed by atoms with Gasteiger partial charge < -0.3 is 20.3 Å². The van der Waals surface area contributed by atoms with Gasteiger partial charge in [-0.25, -0.2) is 0 Å². The average molecular weight is 380 g/mol. The summed E-state index contributed by atoms with van der Waals surface area (Å²) < 4.78 is 5.20. The number of methoxy groups -OCH3 is 1. The number of hydrogen-bond acceptors (Lipinski definition) is 4. The van der Waals surface area contributed by atoms with Gasteiger partial charge in [0.2, 0.25) is 0 Å². The van der Waals surface area contributed by atoms with Crippen molar-refractivity contribution in [2.24, 2.45) is 10.7 Å². The molecule has 2 heterocycles. The molecule has 2 fully saturated rings. The van der Waals surface area contributed by atoms with Crippen LogP contribution in [0, 0.1) is 0 Å². The van der Waals surface area contributed by atoms with Crippen LogP contribution in [0.5, 0.6) is 0 Å². The molecule has 0 saturated carbocycles. The van der Waals surface area contributed by atoms with Gasteiger partial charge in [0.15, 0.2) is 5.96 Å². The number of anilines is 1. The number of nitrogens with zero attached hydrogens (tertiary/aromatic N) is 4. The van der Waals surface area contributed by atoms with Crippen molar-refractivity contribution in [3.8, 4) is 0 Å². The van der Waals surface area contributed by atoms with Gasteiger partial charge in [-0.3, -0.25) is 9.89 Å². The van der Waals surface area contributed by atoms with Crippen molar-refractivity contribution in [1.29, 1.82) is 0 Å². The fourth-order valence-corrected chi connectivity index (χ4v) is 3.88. The van der Waals surface area contributed by atoms with Crippen molar-refractivity contribution < 1.29 is 4.74 Å². The van der Waals surface area contributed by atoms with Crippen LogP contribution in [0.4, 0.5) is 5.69 Å². The van der Waals surface area contributed by atoms with E-state index in [1.54, 1.807) is 7.11 Å². The number of nitrogens with two attached hydrogens (primary N) is 1. The van der Waals surface area contributed by atoms with Crippen LogP contribution in [0.2, 0.25) is 5.02 Å². The Labute approximate surface area is 161 Å². The molecular formula is C19H30ClN5O. The molecule has 1 aromatic rings. The molecule has 0 bridgehead atoms. The predicted molar refractivity (Wildman–Crippen MR) is 108 cm³/mol. The lowest BCUT2D eigenvalue weighted by atomic mass is 10.2. The summed E-state index contributed by atoms with van der Waals surface area (Å²) >= 11 is 5.97. The lowest BCUT2D eigenvalue weighted by molar-refractivity contribution is 0.142. The number of piperazine rings is 1. The minimum Gasteiger partial charge on any atom is -0.383 e. The first-order valence-electron chi connectivity index (χ1n) is 9.46. The zero-order chi connectivity index (χ0) is 18.4. The first kappa shape index (κ1) is 19.3. The van der Waals surface area contributed by atoms with Gasteiger partial charge in [-0.05, 0) is 43.7 Å². The van der Waals surface area contributed by atoms with Gasteiger partial charge in [0.05, 0.1) is 13.2 Å². The van der Waals surface area contributed by atoms with Gasteiger partial charge >= 0.3 is 0 Å². The van der Waals surface area contributed by atoms with Crippen LogP contribution in [-0.2, 0) is 4.74 Å². The van der Waals surface area contributed by atoms with Crippen molar-refractivity contribution >= 4 is 23.2 Å². The van der Waals surface area contributed by atoms with Crippen molar-refractivity contribution in [1.82, 2.24) is 9.80 Å². The topological polar surface area (TPSA) is 57.3 Å². The zero-order valence-electron chi connectivity index (χ0n) is 15.6. The Balaban J connectivity index is 1.47. The molecule has 1 unspecified atom stereocenters. The van der Waals surface area contributed by atoms with Crippen LogP contribution in [0.25, 0.3) is 0 Å². The molecule has 7 heteroatoms. The number of likely N-dealkylation sites (tertiary alicyclic amines) is 1. The summed E-state index contributed by atoms with van der Waals surface area (Å²) in [5.74, 6) is 0.680. The zero-order valence-corrected chi connectivity index (χ0v) is 16.4. The maximum Gasteiger partial charge on any atom is 0.191 e. The van der Waals surface area contributed by atoms with Crippen LogP contribution < -0.4 is 10.6 Å². The number of rotatable bonds is 6. The minimum atomic E-state index is 0.499. The third kappa shape index (κ3) is 5.02. The van der Waals surface area contributed by atoms with E-state index in [1.807, 2.05) is 12.1 Å². The van der Waals surface area contributed by atoms with Crippen molar-refractivity contribution in [2.75, 3.05) is 64.4 Å². The van der Waals surface area contributed by atoms with E-state index in [0.29, 0.717) is 12.0 Å². The highest BCUT2D eigenvalue weighted by atomic mass is 35.5. The maximum absolute atomic E-state index is 6.27. The normalized spacial score (nSPS) is 22.2. The van der Waals surface area contributed by atoms with Crippen LogP contribution in [0.15, 0.2) is 29.3 Å². The summed E-state index contributed by atoms with van der Waals surface area (Å²) in [5.41, 5.74) is 7.49. The highest BCUT2D eigenvalue weighted by Crippen LogP contribution is 2.20. The Morgan fingerprint density at radius 1 is 1.19 bits per heavy atom. The second-order valence-corrected chi connectivity index (χ2v) is 7.41. The Kier molecular flexibility index (Phi) is 7.00. The van der Waals surface area contributed by atoms with Crippen molar-refractivity contribution in [2.45, 2.75) is 18.9 Å². The monoisotopic (exact) mass is 379 g/mol. The van der Waals surface area contributed by atoms with Gasteiger partial charge in [0.25, 0.3) is 0 Å². The first-order valence-corrected chi connectivity index (χ1v) is 9.83. The molecular weight excluding hydrogens is 350 g/mol. The maximum atomic E-state index is 6.27. The third-order valence-corrected chi connectivity index (χ3v) is 5.59. The average Bonchev–Trinajstić information content (AvgIpc) is 3.12. The fourth-order valence-electron chi connectivity index (χ4n) is 3.75. The largest absolute Gasteiger partial charge is 0.383 e. The molecule has 0 aliphatic carbocycles. The first-order chi connectivity index (χ1) is 12.7. The standard InChI is InChI=1S/C19H30ClN5O/c1-26-14-13-23-8-2-3-18(23)15-22-19(21)25-11-9-24(10-12-25)17-6-4-16(20)5-7-17/h4-7,18H,2-3,8-15H2,1H3,(H2,21,22). The molecule has 2 saturated heterocycles. The molecule has 1 atom stereocenters. The molecule has 3 rings (SSSR count). The van der Waals surface area contributed by atoms with Gasteiger partial charge in [0.1, 0.15) is 0 Å². The highest BCUT2D eigenvalue weighted by Gasteiger charge is 2.24. The lowest BCUT2D eigenvalue weighted by Gasteiger charge is -2.36. The molecule has 0 amide bonds. The van der Waals surface area contributed by atoms with E-state index in [1.165, 1.54) is 18.5 Å². The number of guanidine groups is 1. The Morgan fingerprint density at radius 3 is 2.62 bits per heavy atom. The fraction of sp³-hybridized carbons (Fsp3) is 0.632. The van der Waals surface area contributed by atoms with E-state index >= 15 is 0 Å². The molecule has 144 valence electrons. The van der Waals surface area contributed by atoms with Gasteiger partial charge in [-0.15, -0.1) is 0 Å². The summed E-state index contributed by atoms with van der Waals surface area (Å²) in [6.45, 7) is 7.38. The number of halogens is 1. The Bertz CT molecular complexity index is 586. The van der Waals surface area contributed by atoms with Crippen LogP contribution in [0.1, 0.15) is 12.8 Å². The van der Waals surface area contributed by atoms with Crippen LogP contribution >= 0.6 is 11.6 Å². The molecule has 0 radical (unpaired) electrons. The van der Waals surface area contributed by atoms with Crippen LogP contribution in [0.3, 0.4) is 0 Å². The lowest BCUT2D eigenvalue weighted by Crippen LogP contribution is -2.51. The number of ether oxygens (including phenoxy) is 1. The molecule has 2 aliphatic heterocycles. The molecule has 26 heavy (non-hydrogen) atoms. The highest BCUT2D eigenvalue weighted by molar-refractivity contribution is 6.30. The molecule has 2 aliphatic rings. The number of hydrogen-bond donors (Lipinski definition) is 1. The van der Waals surface area contributed by atoms with E-state index in [9.17, 15) is 0 Å². The van der Waals surface area contributed by atoms with E-state index in [-0.39, 0.29) is 0 Å².